The summed E-state index contributed by atoms with van der Waals surface area (Å²) in [6.07, 6.45) is 8.36. The molecule has 1 N–H and O–H groups in total. The predicted octanol–water partition coefficient (Wildman–Crippen LogP) is 3.93. The van der Waals surface area contributed by atoms with Crippen LogP contribution in [0.2, 0.25) is 0 Å². The fourth-order valence-corrected chi connectivity index (χ4v) is 4.68. The van der Waals surface area contributed by atoms with Crippen LogP contribution >= 0.6 is 11.8 Å². The molecular formula is C20H34N2O3S. The van der Waals surface area contributed by atoms with Crippen molar-refractivity contribution < 1.29 is 14.6 Å². The molecule has 1 fully saturated rings. The summed E-state index contributed by atoms with van der Waals surface area (Å²) in [6, 6.07) is 0. The SMILES string of the molecule is CCCCCCCN1C(SCC)=C(C(=O)O)C(C)=CC1N1CCOCC1. The van der Waals surface area contributed by atoms with Crippen molar-refractivity contribution in [1.29, 1.82) is 0 Å². The molecule has 1 unspecified atom stereocenters. The maximum Gasteiger partial charge on any atom is 0.338 e. The van der Waals surface area contributed by atoms with Gasteiger partial charge in [0.25, 0.3) is 0 Å². The highest BCUT2D eigenvalue weighted by Gasteiger charge is 2.34. The Kier molecular flexibility index (Phi) is 9.02. The molecule has 0 saturated carbocycles. The molecule has 5 nitrogen and oxygen atoms in total. The normalized spacial score (nSPS) is 21.9. The van der Waals surface area contributed by atoms with Gasteiger partial charge in [-0.3, -0.25) is 4.90 Å². The minimum absolute atomic E-state index is 0.141. The van der Waals surface area contributed by atoms with Crippen LogP contribution in [0.25, 0.3) is 0 Å². The van der Waals surface area contributed by atoms with E-state index in [0.717, 1.165) is 55.6 Å². The van der Waals surface area contributed by atoms with E-state index in [9.17, 15) is 9.90 Å². The molecule has 0 amide bonds. The fraction of sp³-hybridized carbons (Fsp3) is 0.750. The Hall–Kier alpha value is -0.980. The number of unbranched alkanes of at least 4 members (excludes halogenated alkanes) is 4. The molecule has 0 aromatic carbocycles. The molecular weight excluding hydrogens is 348 g/mol. The molecule has 2 rings (SSSR count). The van der Waals surface area contributed by atoms with Gasteiger partial charge in [-0.05, 0) is 30.7 Å². The number of ether oxygens (including phenoxy) is 1. The first-order chi connectivity index (χ1) is 12.6. The quantitative estimate of drug-likeness (QED) is 0.578. The molecule has 1 saturated heterocycles. The van der Waals surface area contributed by atoms with E-state index in [4.69, 9.17) is 4.74 Å². The molecule has 0 spiro atoms. The minimum atomic E-state index is -0.814. The van der Waals surface area contributed by atoms with Crippen LogP contribution in [0, 0.1) is 0 Å². The van der Waals surface area contributed by atoms with Crippen molar-refractivity contribution in [3.05, 3.63) is 22.3 Å². The summed E-state index contributed by atoms with van der Waals surface area (Å²) in [4.78, 5) is 16.7. The fourth-order valence-electron chi connectivity index (χ4n) is 3.65. The zero-order valence-corrected chi connectivity index (χ0v) is 17.3. The number of morpholine rings is 1. The van der Waals surface area contributed by atoms with E-state index in [1.54, 1.807) is 11.8 Å². The standard InChI is InChI=1S/C20H34N2O3S/c1-4-6-7-8-9-10-22-17(21-11-13-25-14-12-21)15-16(3)18(20(23)24)19(22)26-5-2/h15,17H,4-14H2,1-3H3,(H,23,24). The van der Waals surface area contributed by atoms with E-state index in [-0.39, 0.29) is 6.17 Å². The van der Waals surface area contributed by atoms with Crippen LogP contribution in [0.5, 0.6) is 0 Å². The van der Waals surface area contributed by atoms with Gasteiger partial charge in [0.1, 0.15) is 6.17 Å². The van der Waals surface area contributed by atoms with Gasteiger partial charge in [0.15, 0.2) is 0 Å². The average Bonchev–Trinajstić information content (AvgIpc) is 2.63. The largest absolute Gasteiger partial charge is 0.478 e. The maximum atomic E-state index is 11.9. The van der Waals surface area contributed by atoms with E-state index in [2.05, 4.69) is 29.7 Å². The van der Waals surface area contributed by atoms with Gasteiger partial charge in [-0.1, -0.05) is 39.5 Å². The van der Waals surface area contributed by atoms with Crippen molar-refractivity contribution in [2.45, 2.75) is 59.0 Å². The van der Waals surface area contributed by atoms with Gasteiger partial charge in [0.05, 0.1) is 23.8 Å². The molecule has 2 heterocycles. The Morgan fingerprint density at radius 3 is 2.54 bits per heavy atom. The van der Waals surface area contributed by atoms with Crippen molar-refractivity contribution in [3.8, 4) is 0 Å². The highest BCUT2D eigenvalue weighted by molar-refractivity contribution is 8.03. The number of hydrogen-bond acceptors (Lipinski definition) is 5. The summed E-state index contributed by atoms with van der Waals surface area (Å²) >= 11 is 1.66. The Labute approximate surface area is 162 Å². The molecule has 1 atom stereocenters. The average molecular weight is 383 g/mol. The van der Waals surface area contributed by atoms with E-state index in [1.165, 1.54) is 25.7 Å². The van der Waals surface area contributed by atoms with Crippen molar-refractivity contribution >= 4 is 17.7 Å². The number of rotatable bonds is 10. The third-order valence-electron chi connectivity index (χ3n) is 5.00. The molecule has 0 aromatic rings. The van der Waals surface area contributed by atoms with Gasteiger partial charge >= 0.3 is 5.97 Å². The lowest BCUT2D eigenvalue weighted by Gasteiger charge is -2.44. The molecule has 0 aliphatic carbocycles. The maximum absolute atomic E-state index is 11.9. The first kappa shape index (κ1) is 21.3. The second-order valence-electron chi connectivity index (χ2n) is 6.94. The lowest BCUT2D eigenvalue weighted by molar-refractivity contribution is -0.132. The lowest BCUT2D eigenvalue weighted by atomic mass is 10.0. The van der Waals surface area contributed by atoms with Crippen molar-refractivity contribution in [3.63, 3.8) is 0 Å². The molecule has 2 aliphatic rings. The zero-order chi connectivity index (χ0) is 18.9. The molecule has 6 heteroatoms. The molecule has 2 aliphatic heterocycles. The smallest absolute Gasteiger partial charge is 0.338 e. The number of thioether (sulfide) groups is 1. The monoisotopic (exact) mass is 382 g/mol. The van der Waals surface area contributed by atoms with Crippen LogP contribution in [0.3, 0.4) is 0 Å². The number of carbonyl (C=O) groups is 1. The van der Waals surface area contributed by atoms with Crippen LogP contribution in [-0.2, 0) is 9.53 Å². The van der Waals surface area contributed by atoms with Gasteiger partial charge in [-0.15, -0.1) is 11.8 Å². The Morgan fingerprint density at radius 1 is 1.23 bits per heavy atom. The number of hydrogen-bond donors (Lipinski definition) is 1. The first-order valence-corrected chi connectivity index (χ1v) is 11.0. The summed E-state index contributed by atoms with van der Waals surface area (Å²) in [5.74, 6) is 0.0628. The van der Waals surface area contributed by atoms with E-state index in [1.807, 2.05) is 6.92 Å². The molecule has 0 aromatic heterocycles. The molecule has 26 heavy (non-hydrogen) atoms. The van der Waals surface area contributed by atoms with Crippen molar-refractivity contribution in [1.82, 2.24) is 9.80 Å². The van der Waals surface area contributed by atoms with Crippen LogP contribution in [-0.4, -0.2) is 65.6 Å². The summed E-state index contributed by atoms with van der Waals surface area (Å²) in [7, 11) is 0. The van der Waals surface area contributed by atoms with Gasteiger partial charge in [-0.25, -0.2) is 4.79 Å². The minimum Gasteiger partial charge on any atom is -0.478 e. The molecule has 148 valence electrons. The summed E-state index contributed by atoms with van der Waals surface area (Å²) in [6.45, 7) is 10.5. The topological polar surface area (TPSA) is 53.0 Å². The predicted molar refractivity (Wildman–Crippen MR) is 108 cm³/mol. The van der Waals surface area contributed by atoms with Gasteiger partial charge in [0.2, 0.25) is 0 Å². The van der Waals surface area contributed by atoms with E-state index >= 15 is 0 Å². The van der Waals surface area contributed by atoms with Gasteiger partial charge in [-0.2, -0.15) is 0 Å². The van der Waals surface area contributed by atoms with E-state index in [0.29, 0.717) is 5.57 Å². The molecule has 0 bridgehead atoms. The Morgan fingerprint density at radius 2 is 1.92 bits per heavy atom. The summed E-state index contributed by atoms with van der Waals surface area (Å²) in [5.41, 5.74) is 1.36. The Bertz CT molecular complexity index is 527. The van der Waals surface area contributed by atoms with Gasteiger partial charge in [0, 0.05) is 19.6 Å². The van der Waals surface area contributed by atoms with Crippen LogP contribution in [0.15, 0.2) is 22.3 Å². The van der Waals surface area contributed by atoms with Gasteiger partial charge < -0.3 is 14.7 Å². The first-order valence-electron chi connectivity index (χ1n) is 9.97. The number of nitrogens with zero attached hydrogens (tertiary/aromatic N) is 2. The second kappa shape index (κ2) is 11.0. The highest BCUT2D eigenvalue weighted by Crippen LogP contribution is 2.36. The highest BCUT2D eigenvalue weighted by atomic mass is 32.2. The summed E-state index contributed by atoms with van der Waals surface area (Å²) < 4.78 is 5.52. The number of carboxylic acid groups (broad SMARTS) is 1. The second-order valence-corrected chi connectivity index (χ2v) is 8.19. The Balaban J connectivity index is 2.23. The van der Waals surface area contributed by atoms with Crippen LogP contribution < -0.4 is 0 Å². The van der Waals surface area contributed by atoms with Crippen molar-refractivity contribution in [2.75, 3.05) is 38.6 Å². The van der Waals surface area contributed by atoms with E-state index < -0.39 is 5.97 Å². The van der Waals surface area contributed by atoms with Crippen molar-refractivity contribution in [2.24, 2.45) is 0 Å². The molecule has 0 radical (unpaired) electrons. The lowest BCUT2D eigenvalue weighted by Crippen LogP contribution is -2.52. The summed E-state index contributed by atoms with van der Waals surface area (Å²) in [5, 5.41) is 10.7. The van der Waals surface area contributed by atoms with Crippen LogP contribution in [0.1, 0.15) is 52.9 Å². The number of aliphatic carboxylic acids is 1. The van der Waals surface area contributed by atoms with Crippen LogP contribution in [0.4, 0.5) is 0 Å². The third-order valence-corrected chi connectivity index (χ3v) is 6.01. The zero-order valence-electron chi connectivity index (χ0n) is 16.5. The third kappa shape index (κ3) is 5.51. The number of carboxylic acids is 1.